The van der Waals surface area contributed by atoms with Gasteiger partial charge in [-0.3, -0.25) is 4.79 Å². The van der Waals surface area contributed by atoms with Crippen molar-refractivity contribution in [1.29, 1.82) is 0 Å². The number of benzene rings is 1. The van der Waals surface area contributed by atoms with Gasteiger partial charge < -0.3 is 25.5 Å². The molecule has 0 heterocycles. The van der Waals surface area contributed by atoms with Gasteiger partial charge in [0.25, 0.3) is 0 Å². The zero-order valence-corrected chi connectivity index (χ0v) is 16.1. The zero-order chi connectivity index (χ0) is 19.8. The fraction of sp³-hybridized carbons (Fsp3) is 0.500. The van der Waals surface area contributed by atoms with Crippen LogP contribution in [0.5, 0.6) is 0 Å². The van der Waals surface area contributed by atoms with Gasteiger partial charge in [-0.15, -0.1) is 11.6 Å². The quantitative estimate of drug-likeness (QED) is 0.573. The van der Waals surface area contributed by atoms with Crippen LogP contribution in [0.1, 0.15) is 18.9 Å². The van der Waals surface area contributed by atoms with Crippen molar-refractivity contribution in [3.05, 3.63) is 28.8 Å². The molecule has 4 N–H and O–H groups in total. The minimum Gasteiger partial charge on any atom is -0.480 e. The number of carbonyl (C=O) groups is 2. The van der Waals surface area contributed by atoms with Crippen molar-refractivity contribution in [2.75, 3.05) is 26.0 Å². The van der Waals surface area contributed by atoms with Crippen molar-refractivity contribution in [3.8, 4) is 0 Å². The van der Waals surface area contributed by atoms with Crippen LogP contribution in [0.2, 0.25) is 5.02 Å². The first-order valence-electron chi connectivity index (χ1n) is 7.37. The van der Waals surface area contributed by atoms with Gasteiger partial charge in [0.05, 0.1) is 5.60 Å². The first kappa shape index (κ1) is 23.5. The second kappa shape index (κ2) is 10.5. The number of halogens is 2. The van der Waals surface area contributed by atoms with E-state index in [1.807, 2.05) is 19.1 Å². The summed E-state index contributed by atoms with van der Waals surface area (Å²) in [6, 6.07) is 5.26. The maximum Gasteiger partial charge on any atom is 0.324 e. The Bertz CT molecular complexity index is 594. The van der Waals surface area contributed by atoms with Gasteiger partial charge in [-0.05, 0) is 31.5 Å². The number of carboxylic acid groups (broad SMARTS) is 1. The molecular formula is C16H24Cl2N2O5. The van der Waals surface area contributed by atoms with E-state index in [9.17, 15) is 14.7 Å². The summed E-state index contributed by atoms with van der Waals surface area (Å²) in [6.45, 7) is 2.90. The first-order valence-corrected chi connectivity index (χ1v) is 8.18. The fourth-order valence-corrected chi connectivity index (χ4v) is 1.81. The number of carbonyl (C=O) groups excluding carboxylic acids is 1. The van der Waals surface area contributed by atoms with E-state index < -0.39 is 16.9 Å². The van der Waals surface area contributed by atoms with Gasteiger partial charge in [0.2, 0.25) is 0 Å². The zero-order valence-electron chi connectivity index (χ0n) is 14.6. The number of urea groups is 1. The summed E-state index contributed by atoms with van der Waals surface area (Å²) < 4.78 is 0. The number of amides is 2. The Morgan fingerprint density at radius 1 is 1.36 bits per heavy atom. The number of aliphatic hydroxyl groups excluding tert-OH is 1. The van der Waals surface area contributed by atoms with Gasteiger partial charge in [0.15, 0.2) is 5.38 Å². The summed E-state index contributed by atoms with van der Waals surface area (Å²) in [4.78, 5) is 23.0. The number of hydrogen-bond acceptors (Lipinski definition) is 4. The number of aliphatic hydroxyl groups is 2. The Kier molecular flexibility index (Phi) is 9.81. The summed E-state index contributed by atoms with van der Waals surface area (Å²) in [5.74, 6) is -1.29. The van der Waals surface area contributed by atoms with E-state index in [1.165, 1.54) is 11.8 Å². The van der Waals surface area contributed by atoms with Gasteiger partial charge in [-0.25, -0.2) is 4.79 Å². The molecule has 0 aliphatic heterocycles. The Hall–Kier alpha value is -1.54. The Labute approximate surface area is 157 Å². The summed E-state index contributed by atoms with van der Waals surface area (Å²) >= 11 is 11.2. The molecule has 0 saturated carbocycles. The standard InChI is InChI=1S/C10H13ClN2O.C6H11ClO4/c1-7-4-5-8(6-9(7)11)12-10(14)13(2)3;1-6(11,2-3-8)4(7)5(9)10/h4-6H,1-3H3,(H,12,14);4,8,11H,2-3H2,1H3,(H,9,10)/t;4?,6-/m.1/s1. The van der Waals surface area contributed by atoms with Crippen molar-refractivity contribution < 1.29 is 24.9 Å². The molecule has 2 atom stereocenters. The molecule has 0 saturated heterocycles. The van der Waals surface area contributed by atoms with Gasteiger partial charge >= 0.3 is 12.0 Å². The Morgan fingerprint density at radius 3 is 2.32 bits per heavy atom. The molecule has 142 valence electrons. The van der Waals surface area contributed by atoms with E-state index in [0.717, 1.165) is 5.56 Å². The molecule has 7 nitrogen and oxygen atoms in total. The van der Waals surface area contributed by atoms with E-state index in [0.29, 0.717) is 10.7 Å². The topological polar surface area (TPSA) is 110 Å². The van der Waals surface area contributed by atoms with Crippen LogP contribution in [-0.4, -0.2) is 63.9 Å². The van der Waals surface area contributed by atoms with Crippen LogP contribution in [0.3, 0.4) is 0 Å². The largest absolute Gasteiger partial charge is 0.480 e. The molecule has 0 aliphatic rings. The van der Waals surface area contributed by atoms with Crippen LogP contribution in [0, 0.1) is 6.92 Å². The van der Waals surface area contributed by atoms with Crippen LogP contribution >= 0.6 is 23.2 Å². The van der Waals surface area contributed by atoms with Gasteiger partial charge in [0.1, 0.15) is 0 Å². The van der Waals surface area contributed by atoms with Crippen molar-refractivity contribution in [3.63, 3.8) is 0 Å². The molecule has 1 rings (SSSR count). The summed E-state index contributed by atoms with van der Waals surface area (Å²) in [6.07, 6.45) is -0.0481. The highest BCUT2D eigenvalue weighted by molar-refractivity contribution is 6.31. The van der Waals surface area contributed by atoms with Crippen molar-refractivity contribution in [2.24, 2.45) is 0 Å². The summed E-state index contributed by atoms with van der Waals surface area (Å²) in [7, 11) is 3.37. The predicted molar refractivity (Wildman–Crippen MR) is 98.5 cm³/mol. The number of nitrogens with one attached hydrogen (secondary N) is 1. The summed E-state index contributed by atoms with van der Waals surface area (Å²) in [5, 5.41) is 28.1. The molecule has 1 aromatic rings. The molecule has 0 aliphatic carbocycles. The van der Waals surface area contributed by atoms with Crippen LogP contribution in [0.4, 0.5) is 10.5 Å². The number of alkyl halides is 1. The summed E-state index contributed by atoms with van der Waals surface area (Å²) in [5.41, 5.74) is 0.149. The van der Waals surface area contributed by atoms with E-state index >= 15 is 0 Å². The second-order valence-electron chi connectivity index (χ2n) is 5.82. The number of aliphatic carboxylic acids is 1. The molecule has 1 unspecified atom stereocenters. The number of rotatable bonds is 5. The molecule has 0 fully saturated rings. The van der Waals surface area contributed by atoms with E-state index in [2.05, 4.69) is 5.32 Å². The molecule has 0 bridgehead atoms. The van der Waals surface area contributed by atoms with E-state index in [-0.39, 0.29) is 19.1 Å². The van der Waals surface area contributed by atoms with Gasteiger partial charge in [-0.2, -0.15) is 0 Å². The molecule has 2 amide bonds. The van der Waals surface area contributed by atoms with Crippen LogP contribution in [0.15, 0.2) is 18.2 Å². The Balaban J connectivity index is 0.000000477. The van der Waals surface area contributed by atoms with Crippen LogP contribution < -0.4 is 5.32 Å². The van der Waals surface area contributed by atoms with Crippen molar-refractivity contribution in [1.82, 2.24) is 4.90 Å². The minimum atomic E-state index is -1.55. The lowest BCUT2D eigenvalue weighted by Crippen LogP contribution is -2.41. The van der Waals surface area contributed by atoms with Gasteiger partial charge in [0, 0.05) is 37.8 Å². The van der Waals surface area contributed by atoms with Crippen LogP contribution in [0.25, 0.3) is 0 Å². The monoisotopic (exact) mass is 394 g/mol. The maximum absolute atomic E-state index is 11.3. The van der Waals surface area contributed by atoms with Crippen molar-refractivity contribution >= 4 is 40.9 Å². The SMILES string of the molecule is C[C@@](O)(CCO)C(Cl)C(=O)O.Cc1ccc(NC(=O)N(C)C)cc1Cl. The lowest BCUT2D eigenvalue weighted by atomic mass is 9.98. The number of aryl methyl sites for hydroxylation is 1. The fourth-order valence-electron chi connectivity index (χ4n) is 1.52. The molecule has 0 spiro atoms. The average molecular weight is 395 g/mol. The lowest BCUT2D eigenvalue weighted by molar-refractivity contribution is -0.141. The molecule has 0 radical (unpaired) electrons. The molecule has 0 aromatic heterocycles. The average Bonchev–Trinajstić information content (AvgIpc) is 2.50. The third-order valence-electron chi connectivity index (χ3n) is 3.21. The highest BCUT2D eigenvalue weighted by atomic mass is 35.5. The van der Waals surface area contributed by atoms with Crippen LogP contribution in [-0.2, 0) is 4.79 Å². The third-order valence-corrected chi connectivity index (χ3v) is 4.27. The minimum absolute atomic E-state index is 0.0481. The molecular weight excluding hydrogens is 371 g/mol. The predicted octanol–water partition coefficient (Wildman–Crippen LogP) is 2.55. The molecule has 25 heavy (non-hydrogen) atoms. The first-order chi connectivity index (χ1) is 11.4. The molecule has 1 aromatic carbocycles. The third kappa shape index (κ3) is 8.40. The lowest BCUT2D eigenvalue weighted by Gasteiger charge is -2.24. The molecule has 9 heteroatoms. The normalized spacial score (nSPS) is 13.8. The van der Waals surface area contributed by atoms with E-state index in [4.69, 9.17) is 33.4 Å². The highest BCUT2D eigenvalue weighted by Gasteiger charge is 2.35. The number of hydrogen-bond donors (Lipinski definition) is 4. The highest BCUT2D eigenvalue weighted by Crippen LogP contribution is 2.20. The Morgan fingerprint density at radius 2 is 1.92 bits per heavy atom. The second-order valence-corrected chi connectivity index (χ2v) is 6.66. The number of anilines is 1. The number of carboxylic acids is 1. The smallest absolute Gasteiger partial charge is 0.324 e. The van der Waals surface area contributed by atoms with Crippen molar-refractivity contribution in [2.45, 2.75) is 31.2 Å². The number of nitrogens with zero attached hydrogens (tertiary/aromatic N) is 1. The van der Waals surface area contributed by atoms with Gasteiger partial charge in [-0.1, -0.05) is 17.7 Å². The van der Waals surface area contributed by atoms with E-state index in [1.54, 1.807) is 20.2 Å². The maximum atomic E-state index is 11.3.